The summed E-state index contributed by atoms with van der Waals surface area (Å²) in [7, 11) is 0. The van der Waals surface area contributed by atoms with Crippen LogP contribution in [0.4, 0.5) is 11.4 Å². The molecule has 0 unspecified atom stereocenters. The second-order valence-electron chi connectivity index (χ2n) is 2.77. The molecule has 4 N–H and O–H groups in total. The molecule has 0 aliphatic rings. The monoisotopic (exact) mass is 225 g/mol. The van der Waals surface area contributed by atoms with Gasteiger partial charge in [0.2, 0.25) is 0 Å². The van der Waals surface area contributed by atoms with Gasteiger partial charge in [-0.25, -0.2) is 0 Å². The van der Waals surface area contributed by atoms with Crippen molar-refractivity contribution in [3.05, 3.63) is 28.7 Å². The molecular formula is C9H8ClN3S. The molecule has 0 aromatic carbocycles. The molecular weight excluding hydrogens is 218 g/mol. The van der Waals surface area contributed by atoms with Crippen LogP contribution in [0.3, 0.4) is 0 Å². The van der Waals surface area contributed by atoms with Crippen LogP contribution in [0.2, 0.25) is 4.34 Å². The Morgan fingerprint density at radius 1 is 1.21 bits per heavy atom. The molecule has 0 amide bonds. The van der Waals surface area contributed by atoms with Gasteiger partial charge in [0.25, 0.3) is 0 Å². The highest BCUT2D eigenvalue weighted by Gasteiger charge is 2.08. The van der Waals surface area contributed by atoms with Gasteiger partial charge in [-0.1, -0.05) is 11.6 Å². The zero-order chi connectivity index (χ0) is 10.1. The zero-order valence-corrected chi connectivity index (χ0v) is 8.77. The van der Waals surface area contributed by atoms with Crippen LogP contribution in [0, 0.1) is 0 Å². The number of aromatic nitrogens is 1. The summed E-state index contributed by atoms with van der Waals surface area (Å²) < 4.78 is 0.712. The normalized spacial score (nSPS) is 10.4. The summed E-state index contributed by atoms with van der Waals surface area (Å²) in [5.74, 6) is 0. The van der Waals surface area contributed by atoms with Crippen molar-refractivity contribution < 1.29 is 0 Å². The Balaban J connectivity index is 2.57. The molecule has 0 saturated heterocycles. The molecule has 0 bridgehead atoms. The molecule has 0 saturated carbocycles. The number of pyridine rings is 1. The van der Waals surface area contributed by atoms with Crippen LogP contribution in [0.1, 0.15) is 0 Å². The minimum atomic E-state index is 0.506. The molecule has 0 fully saturated rings. The van der Waals surface area contributed by atoms with E-state index in [9.17, 15) is 0 Å². The third-order valence-electron chi connectivity index (χ3n) is 1.83. The number of anilines is 2. The van der Waals surface area contributed by atoms with E-state index >= 15 is 0 Å². The highest BCUT2D eigenvalue weighted by Crippen LogP contribution is 2.34. The lowest BCUT2D eigenvalue weighted by atomic mass is 10.2. The number of nitrogen functional groups attached to an aromatic ring is 2. The van der Waals surface area contributed by atoms with E-state index in [-0.39, 0.29) is 0 Å². The minimum absolute atomic E-state index is 0.506. The Morgan fingerprint density at radius 3 is 2.64 bits per heavy atom. The molecule has 3 nitrogen and oxygen atoms in total. The van der Waals surface area contributed by atoms with Gasteiger partial charge in [-0.05, 0) is 18.2 Å². The van der Waals surface area contributed by atoms with Crippen molar-refractivity contribution in [3.8, 4) is 10.6 Å². The van der Waals surface area contributed by atoms with Gasteiger partial charge in [0.05, 0.1) is 20.6 Å². The summed E-state index contributed by atoms with van der Waals surface area (Å²) in [5, 5.41) is 0. The molecule has 14 heavy (non-hydrogen) atoms. The first-order valence-electron chi connectivity index (χ1n) is 3.94. The molecule has 2 rings (SSSR count). The van der Waals surface area contributed by atoms with Crippen molar-refractivity contribution >= 4 is 34.3 Å². The minimum Gasteiger partial charge on any atom is -0.397 e. The Kier molecular flexibility index (Phi) is 2.31. The molecule has 0 aliphatic heterocycles. The maximum absolute atomic E-state index is 5.82. The molecule has 2 aromatic rings. The van der Waals surface area contributed by atoms with Crippen LogP contribution in [-0.4, -0.2) is 4.98 Å². The summed E-state index contributed by atoms with van der Waals surface area (Å²) in [6.07, 6.45) is 1.63. The van der Waals surface area contributed by atoms with E-state index < -0.39 is 0 Å². The number of nitrogens with two attached hydrogens (primary N) is 2. The Morgan fingerprint density at radius 2 is 2.00 bits per heavy atom. The quantitative estimate of drug-likeness (QED) is 0.784. The Bertz CT molecular complexity index is 467. The van der Waals surface area contributed by atoms with Crippen LogP contribution in [-0.2, 0) is 0 Å². The van der Waals surface area contributed by atoms with Crippen LogP contribution in [0.25, 0.3) is 10.6 Å². The SMILES string of the molecule is Nc1ccnc(-c2ccc(Cl)s2)c1N. The lowest BCUT2D eigenvalue weighted by Crippen LogP contribution is -1.97. The predicted octanol–water partition coefficient (Wildman–Crippen LogP) is 2.63. The van der Waals surface area contributed by atoms with Gasteiger partial charge in [0, 0.05) is 6.20 Å². The van der Waals surface area contributed by atoms with Crippen molar-refractivity contribution in [2.45, 2.75) is 0 Å². The molecule has 5 heteroatoms. The third kappa shape index (κ3) is 1.54. The van der Waals surface area contributed by atoms with Crippen LogP contribution >= 0.6 is 22.9 Å². The van der Waals surface area contributed by atoms with E-state index in [2.05, 4.69) is 4.98 Å². The van der Waals surface area contributed by atoms with E-state index in [0.717, 1.165) is 4.88 Å². The first kappa shape index (κ1) is 9.30. The molecule has 0 atom stereocenters. The molecule has 0 spiro atoms. The Hall–Kier alpha value is -1.26. The van der Waals surface area contributed by atoms with Crippen molar-refractivity contribution in [3.63, 3.8) is 0 Å². The standard InChI is InChI=1S/C9H8ClN3S/c10-7-2-1-6(14-7)9-8(12)5(11)3-4-13-9/h1-4H,12H2,(H2,11,13). The lowest BCUT2D eigenvalue weighted by molar-refractivity contribution is 1.34. The third-order valence-corrected chi connectivity index (χ3v) is 3.07. The van der Waals surface area contributed by atoms with Gasteiger partial charge >= 0.3 is 0 Å². The van der Waals surface area contributed by atoms with E-state index in [1.165, 1.54) is 11.3 Å². The topological polar surface area (TPSA) is 64.9 Å². The average molecular weight is 226 g/mol. The molecule has 72 valence electrons. The van der Waals surface area contributed by atoms with E-state index in [1.807, 2.05) is 12.1 Å². The van der Waals surface area contributed by atoms with E-state index in [0.29, 0.717) is 21.4 Å². The zero-order valence-electron chi connectivity index (χ0n) is 7.20. The molecule has 0 aliphatic carbocycles. The van der Waals surface area contributed by atoms with E-state index in [4.69, 9.17) is 23.1 Å². The van der Waals surface area contributed by atoms with Crippen LogP contribution in [0.15, 0.2) is 24.4 Å². The maximum atomic E-state index is 5.82. The summed E-state index contributed by atoms with van der Waals surface area (Å²) in [6.45, 7) is 0. The average Bonchev–Trinajstić information content (AvgIpc) is 2.57. The number of nitrogens with zero attached hydrogens (tertiary/aromatic N) is 1. The fourth-order valence-corrected chi connectivity index (χ4v) is 2.18. The van der Waals surface area contributed by atoms with Gasteiger partial charge < -0.3 is 11.5 Å². The van der Waals surface area contributed by atoms with E-state index in [1.54, 1.807) is 12.3 Å². The van der Waals surface area contributed by atoms with Crippen molar-refractivity contribution in [1.82, 2.24) is 4.98 Å². The highest BCUT2D eigenvalue weighted by molar-refractivity contribution is 7.19. The largest absolute Gasteiger partial charge is 0.397 e. The van der Waals surface area contributed by atoms with Gasteiger partial charge in [0.15, 0.2) is 0 Å². The number of hydrogen-bond acceptors (Lipinski definition) is 4. The van der Waals surface area contributed by atoms with Crippen molar-refractivity contribution in [2.75, 3.05) is 11.5 Å². The fraction of sp³-hybridized carbons (Fsp3) is 0. The summed E-state index contributed by atoms with van der Waals surface area (Å²) in [4.78, 5) is 5.10. The number of rotatable bonds is 1. The fourth-order valence-electron chi connectivity index (χ4n) is 1.13. The smallest absolute Gasteiger partial charge is 0.105 e. The van der Waals surface area contributed by atoms with Crippen molar-refractivity contribution in [2.24, 2.45) is 0 Å². The molecule has 2 aromatic heterocycles. The second-order valence-corrected chi connectivity index (χ2v) is 4.48. The number of thiophene rings is 1. The number of halogens is 1. The number of hydrogen-bond donors (Lipinski definition) is 2. The van der Waals surface area contributed by atoms with Gasteiger partial charge in [-0.2, -0.15) is 0 Å². The maximum Gasteiger partial charge on any atom is 0.105 e. The van der Waals surface area contributed by atoms with Gasteiger partial charge in [-0.15, -0.1) is 11.3 Å². The van der Waals surface area contributed by atoms with Crippen molar-refractivity contribution in [1.29, 1.82) is 0 Å². The van der Waals surface area contributed by atoms with Crippen LogP contribution < -0.4 is 11.5 Å². The van der Waals surface area contributed by atoms with Gasteiger partial charge in [-0.3, -0.25) is 4.98 Å². The highest BCUT2D eigenvalue weighted by atomic mass is 35.5. The Labute approximate surface area is 90.3 Å². The summed E-state index contributed by atoms with van der Waals surface area (Å²) in [5.41, 5.74) is 13.2. The molecule has 2 heterocycles. The first-order chi connectivity index (χ1) is 6.68. The van der Waals surface area contributed by atoms with Gasteiger partial charge in [0.1, 0.15) is 5.69 Å². The molecule has 0 radical (unpaired) electrons. The first-order valence-corrected chi connectivity index (χ1v) is 5.13. The predicted molar refractivity (Wildman–Crippen MR) is 61.4 cm³/mol. The second kappa shape index (κ2) is 3.48. The summed E-state index contributed by atoms with van der Waals surface area (Å²) >= 11 is 7.25. The summed E-state index contributed by atoms with van der Waals surface area (Å²) in [6, 6.07) is 5.37. The van der Waals surface area contributed by atoms with Crippen LogP contribution in [0.5, 0.6) is 0 Å². The lowest BCUT2D eigenvalue weighted by Gasteiger charge is -2.03.